The molecule has 0 bridgehead atoms. The number of hydrazone groups is 1. The molecule has 0 radical (unpaired) electrons. The number of carbonyl (C=O) groups is 1. The van der Waals surface area contributed by atoms with Gasteiger partial charge in [0.25, 0.3) is 0 Å². The molecule has 1 N–H and O–H groups in total. The van der Waals surface area contributed by atoms with Crippen molar-refractivity contribution >= 4 is 17.4 Å². The van der Waals surface area contributed by atoms with Gasteiger partial charge >= 0.3 is 5.97 Å². The molecular weight excluding hydrogens is 282 g/mol. The van der Waals surface area contributed by atoms with E-state index in [-0.39, 0.29) is 12.3 Å². The molecule has 0 saturated carbocycles. The van der Waals surface area contributed by atoms with Gasteiger partial charge in [-0.15, -0.1) is 0 Å². The lowest BCUT2D eigenvalue weighted by molar-refractivity contribution is -0.134. The van der Waals surface area contributed by atoms with Gasteiger partial charge in [0, 0.05) is 6.20 Å². The fraction of sp³-hybridized carbons (Fsp3) is 0.188. The summed E-state index contributed by atoms with van der Waals surface area (Å²) < 4.78 is 10.1. The number of nitrogens with one attached hydrogen (secondary N) is 1. The van der Waals surface area contributed by atoms with E-state index >= 15 is 0 Å². The van der Waals surface area contributed by atoms with E-state index in [4.69, 9.17) is 9.47 Å². The number of esters is 1. The van der Waals surface area contributed by atoms with Gasteiger partial charge in [0.15, 0.2) is 5.71 Å². The number of pyridine rings is 1. The van der Waals surface area contributed by atoms with Gasteiger partial charge in [0.1, 0.15) is 5.75 Å². The summed E-state index contributed by atoms with van der Waals surface area (Å²) in [5.41, 5.74) is 4.12. The minimum atomic E-state index is -0.526. The van der Waals surface area contributed by atoms with Crippen LogP contribution in [0.25, 0.3) is 0 Å². The van der Waals surface area contributed by atoms with E-state index in [1.807, 2.05) is 0 Å². The van der Waals surface area contributed by atoms with Crippen LogP contribution in [-0.2, 0) is 9.53 Å². The molecule has 114 valence electrons. The van der Waals surface area contributed by atoms with Crippen LogP contribution < -0.4 is 10.2 Å². The molecule has 6 heteroatoms. The SMILES string of the molecule is CCOC(=O)/C(=N/Nc1ccc(OC)cc1)c1ccccn1. The normalized spacial score (nSPS) is 10.9. The lowest BCUT2D eigenvalue weighted by atomic mass is 10.2. The summed E-state index contributed by atoms with van der Waals surface area (Å²) in [6.07, 6.45) is 1.59. The van der Waals surface area contributed by atoms with Gasteiger partial charge < -0.3 is 9.47 Å². The molecule has 6 nitrogen and oxygen atoms in total. The van der Waals surface area contributed by atoms with Crippen LogP contribution in [0.1, 0.15) is 12.6 Å². The first kappa shape index (κ1) is 15.5. The second-order valence-corrected chi connectivity index (χ2v) is 4.24. The first-order chi connectivity index (χ1) is 10.7. The Morgan fingerprint density at radius 1 is 1.23 bits per heavy atom. The molecule has 0 aliphatic heterocycles. The van der Waals surface area contributed by atoms with Crippen LogP contribution in [0.5, 0.6) is 5.75 Å². The largest absolute Gasteiger partial charge is 0.497 e. The first-order valence-electron chi connectivity index (χ1n) is 6.81. The zero-order chi connectivity index (χ0) is 15.8. The molecule has 0 amide bonds. The number of methoxy groups -OCH3 is 1. The Labute approximate surface area is 128 Å². The highest BCUT2D eigenvalue weighted by molar-refractivity contribution is 6.42. The van der Waals surface area contributed by atoms with Crippen molar-refractivity contribution in [3.63, 3.8) is 0 Å². The number of carbonyl (C=O) groups excluding carboxylic acids is 1. The minimum absolute atomic E-state index is 0.123. The maximum atomic E-state index is 12.0. The first-order valence-corrected chi connectivity index (χ1v) is 6.81. The van der Waals surface area contributed by atoms with Gasteiger partial charge in [-0.05, 0) is 43.3 Å². The van der Waals surface area contributed by atoms with Gasteiger partial charge in [0.05, 0.1) is 25.1 Å². The zero-order valence-electron chi connectivity index (χ0n) is 12.4. The van der Waals surface area contributed by atoms with Crippen LogP contribution in [0, 0.1) is 0 Å². The number of aromatic nitrogens is 1. The molecule has 0 atom stereocenters. The van der Waals surface area contributed by atoms with Crippen molar-refractivity contribution in [2.45, 2.75) is 6.92 Å². The van der Waals surface area contributed by atoms with Crippen LogP contribution in [0.2, 0.25) is 0 Å². The Morgan fingerprint density at radius 3 is 2.59 bits per heavy atom. The third kappa shape index (κ3) is 4.05. The van der Waals surface area contributed by atoms with Gasteiger partial charge in [-0.25, -0.2) is 4.79 Å². The molecule has 2 rings (SSSR count). The molecule has 0 fully saturated rings. The summed E-state index contributed by atoms with van der Waals surface area (Å²) in [7, 11) is 1.60. The van der Waals surface area contributed by atoms with E-state index in [0.29, 0.717) is 5.69 Å². The molecule has 0 aliphatic carbocycles. The molecule has 2 aromatic rings. The average molecular weight is 299 g/mol. The van der Waals surface area contributed by atoms with Gasteiger partial charge in [-0.1, -0.05) is 6.07 Å². The van der Waals surface area contributed by atoms with Crippen molar-refractivity contribution in [3.05, 3.63) is 54.4 Å². The van der Waals surface area contributed by atoms with Crippen LogP contribution >= 0.6 is 0 Å². The molecule has 0 unspecified atom stereocenters. The van der Waals surface area contributed by atoms with E-state index in [1.165, 1.54) is 0 Å². The fourth-order valence-corrected chi connectivity index (χ4v) is 1.70. The monoisotopic (exact) mass is 299 g/mol. The number of anilines is 1. The summed E-state index contributed by atoms with van der Waals surface area (Å²) in [6.45, 7) is 2.01. The Kier molecular flexibility index (Phi) is 5.48. The number of nitrogens with zero attached hydrogens (tertiary/aromatic N) is 2. The van der Waals surface area contributed by atoms with E-state index in [0.717, 1.165) is 11.4 Å². The second-order valence-electron chi connectivity index (χ2n) is 4.24. The third-order valence-electron chi connectivity index (χ3n) is 2.76. The van der Waals surface area contributed by atoms with Gasteiger partial charge in [0.2, 0.25) is 0 Å². The Balaban J connectivity index is 2.22. The summed E-state index contributed by atoms with van der Waals surface area (Å²) in [5.74, 6) is 0.215. The summed E-state index contributed by atoms with van der Waals surface area (Å²) in [5, 5.41) is 4.13. The number of benzene rings is 1. The number of hydrogen-bond donors (Lipinski definition) is 1. The van der Waals surface area contributed by atoms with E-state index in [1.54, 1.807) is 62.7 Å². The molecule has 0 saturated heterocycles. The van der Waals surface area contributed by atoms with Crippen molar-refractivity contribution in [1.29, 1.82) is 0 Å². The molecule has 0 spiro atoms. The Morgan fingerprint density at radius 2 is 2.00 bits per heavy atom. The van der Waals surface area contributed by atoms with E-state index in [9.17, 15) is 4.79 Å². The zero-order valence-corrected chi connectivity index (χ0v) is 12.4. The molecule has 1 aromatic heterocycles. The van der Waals surface area contributed by atoms with Crippen molar-refractivity contribution in [2.75, 3.05) is 19.1 Å². The van der Waals surface area contributed by atoms with Crippen LogP contribution in [0.3, 0.4) is 0 Å². The lowest BCUT2D eigenvalue weighted by Crippen LogP contribution is -2.21. The standard InChI is InChI=1S/C16H17N3O3/c1-3-22-16(20)15(14-6-4-5-11-17-14)19-18-12-7-9-13(21-2)10-8-12/h4-11,18H,3H2,1-2H3/b19-15+. The average Bonchev–Trinajstić information content (AvgIpc) is 2.57. The minimum Gasteiger partial charge on any atom is -0.497 e. The third-order valence-corrected chi connectivity index (χ3v) is 2.76. The van der Waals surface area contributed by atoms with Crippen molar-refractivity contribution in [2.24, 2.45) is 5.10 Å². The predicted octanol–water partition coefficient (Wildman–Crippen LogP) is 2.47. The summed E-state index contributed by atoms with van der Waals surface area (Å²) >= 11 is 0. The molecular formula is C16H17N3O3. The number of ether oxygens (including phenoxy) is 2. The Bertz CT molecular complexity index is 639. The topological polar surface area (TPSA) is 72.8 Å². The lowest BCUT2D eigenvalue weighted by Gasteiger charge is -2.07. The number of hydrogen-bond acceptors (Lipinski definition) is 6. The van der Waals surface area contributed by atoms with Gasteiger partial charge in [-0.2, -0.15) is 5.10 Å². The van der Waals surface area contributed by atoms with Crippen molar-refractivity contribution in [1.82, 2.24) is 4.98 Å². The van der Waals surface area contributed by atoms with E-state index in [2.05, 4.69) is 15.5 Å². The molecule has 1 aromatic carbocycles. The van der Waals surface area contributed by atoms with Crippen LogP contribution in [-0.4, -0.2) is 30.4 Å². The summed E-state index contributed by atoms with van der Waals surface area (Å²) in [4.78, 5) is 16.1. The summed E-state index contributed by atoms with van der Waals surface area (Å²) in [6, 6.07) is 12.4. The highest BCUT2D eigenvalue weighted by Gasteiger charge is 2.16. The molecule has 0 aliphatic rings. The van der Waals surface area contributed by atoms with Crippen molar-refractivity contribution < 1.29 is 14.3 Å². The smallest absolute Gasteiger partial charge is 0.361 e. The molecule has 1 heterocycles. The highest BCUT2D eigenvalue weighted by Crippen LogP contribution is 2.15. The maximum Gasteiger partial charge on any atom is 0.361 e. The number of rotatable bonds is 6. The van der Waals surface area contributed by atoms with Gasteiger partial charge in [-0.3, -0.25) is 10.4 Å². The second kappa shape index (κ2) is 7.78. The highest BCUT2D eigenvalue weighted by atomic mass is 16.5. The van der Waals surface area contributed by atoms with Crippen molar-refractivity contribution in [3.8, 4) is 5.75 Å². The van der Waals surface area contributed by atoms with Crippen LogP contribution in [0.4, 0.5) is 5.69 Å². The maximum absolute atomic E-state index is 12.0. The Hall–Kier alpha value is -2.89. The molecule has 22 heavy (non-hydrogen) atoms. The van der Waals surface area contributed by atoms with Crippen LogP contribution in [0.15, 0.2) is 53.8 Å². The predicted molar refractivity (Wildman–Crippen MR) is 84.0 cm³/mol. The van der Waals surface area contributed by atoms with E-state index < -0.39 is 5.97 Å². The quantitative estimate of drug-likeness (QED) is 0.504. The fourth-order valence-electron chi connectivity index (χ4n) is 1.70.